The van der Waals surface area contributed by atoms with Crippen LogP contribution in [0.15, 0.2) is 137 Å². The van der Waals surface area contributed by atoms with Crippen molar-refractivity contribution in [3.63, 3.8) is 0 Å². The maximum atomic E-state index is 13.1. The van der Waals surface area contributed by atoms with Gasteiger partial charge in [0.1, 0.15) is 15.9 Å². The topological polar surface area (TPSA) is 121 Å². The van der Waals surface area contributed by atoms with E-state index in [1.165, 1.54) is 6.08 Å². The third-order valence-electron chi connectivity index (χ3n) is 5.41. The van der Waals surface area contributed by atoms with Gasteiger partial charge in [-0.2, -0.15) is 0 Å². The molecule has 0 atom stereocenters. The monoisotopic (exact) mass is 601 g/mol. The molecule has 1 N–H and O–H groups in total. The molecule has 39 heavy (non-hydrogen) atoms. The second kappa shape index (κ2) is 14.4. The summed E-state index contributed by atoms with van der Waals surface area (Å²) >= 11 is 13.1. The molecule has 0 bridgehead atoms. The van der Waals surface area contributed by atoms with E-state index in [4.69, 9.17) is 41.8 Å². The average molecular weight is 603 g/mol. The van der Waals surface area contributed by atoms with E-state index in [1.54, 1.807) is 6.08 Å². The second-order valence-electron chi connectivity index (χ2n) is 7.90. The first-order valence-electron chi connectivity index (χ1n) is 11.4. The Morgan fingerprint density at radius 3 is 1.31 bits per heavy atom. The maximum Gasteiger partial charge on any atom is 0.250 e. The lowest BCUT2D eigenvalue weighted by Gasteiger charge is -2.29. The summed E-state index contributed by atoms with van der Waals surface area (Å²) in [5, 5.41) is 6.17. The van der Waals surface area contributed by atoms with E-state index >= 15 is 0 Å². The van der Waals surface area contributed by atoms with Crippen molar-refractivity contribution in [3.8, 4) is 0 Å². The Balaban J connectivity index is 0.000000771. The van der Waals surface area contributed by atoms with Crippen molar-refractivity contribution in [3.05, 3.63) is 143 Å². The Kier molecular flexibility index (Phi) is 11.3. The zero-order chi connectivity index (χ0) is 28.3. The Morgan fingerprint density at radius 2 is 0.974 bits per heavy atom. The first-order valence-corrected chi connectivity index (χ1v) is 15.2. The van der Waals surface area contributed by atoms with Crippen molar-refractivity contribution >= 4 is 58.4 Å². The third kappa shape index (κ3) is 8.73. The van der Waals surface area contributed by atoms with Gasteiger partial charge in [-0.3, -0.25) is 10.1 Å². The summed E-state index contributed by atoms with van der Waals surface area (Å²) in [4.78, 5) is 13.1. The zero-order valence-electron chi connectivity index (χ0n) is 20.3. The fourth-order valence-electron chi connectivity index (χ4n) is 3.94. The molecule has 0 aliphatic rings. The molecule has 0 saturated heterocycles. The third-order valence-corrected chi connectivity index (χ3v) is 10.3. The van der Waals surface area contributed by atoms with Crippen LogP contribution in [0.1, 0.15) is 5.56 Å². The van der Waals surface area contributed by atoms with Crippen LogP contribution in [0.3, 0.4) is 0 Å². The normalized spacial score (nSPS) is 11.3. The van der Waals surface area contributed by atoms with Crippen molar-refractivity contribution in [2.24, 2.45) is 0 Å². The Hall–Kier alpha value is -3.03. The second-order valence-corrected chi connectivity index (χ2v) is 12.9. The predicted octanol–water partition coefficient (Wildman–Crippen LogP) is 1.66. The maximum absolute atomic E-state index is 13.1. The summed E-state index contributed by atoms with van der Waals surface area (Å²) < 4.78 is 34.0. The summed E-state index contributed by atoms with van der Waals surface area (Å²) in [5.41, 5.74) is 1.43. The standard InChI is InChI=1S/C29H22Cl2NOP.ClHO4/c30-28(31)29(32-27(33)22-21-23-13-5-1-6-14-23)34(24-15-7-2-8-16-24,25-17-9-3-10-18-25)26-19-11-4-12-20-26;2-1(3,4)5/h1-22H;(H,2,3,4,5). The van der Waals surface area contributed by atoms with Crippen LogP contribution in [0.2, 0.25) is 0 Å². The van der Waals surface area contributed by atoms with Crippen molar-refractivity contribution in [2.45, 2.75) is 0 Å². The molecule has 10 heteroatoms. The number of carbonyl (C=O) groups is 1. The van der Waals surface area contributed by atoms with Crippen LogP contribution < -0.4 is 39.9 Å². The lowest BCUT2D eigenvalue weighted by Crippen LogP contribution is -2.68. The molecule has 200 valence electrons. The number of nitrogens with one attached hydrogen (secondary N) is 1. The highest BCUT2D eigenvalue weighted by Crippen LogP contribution is 2.62. The molecule has 0 heterocycles. The van der Waals surface area contributed by atoms with E-state index in [0.29, 0.717) is 5.44 Å². The highest BCUT2D eigenvalue weighted by molar-refractivity contribution is 7.99. The van der Waals surface area contributed by atoms with Gasteiger partial charge in [0.25, 0.3) is 5.91 Å². The molecule has 4 aromatic carbocycles. The minimum atomic E-state index is -4.94. The summed E-state index contributed by atoms with van der Waals surface area (Å²) in [6.45, 7) is 0. The molecular weight excluding hydrogens is 580 g/mol. The minimum absolute atomic E-state index is 0.0337. The van der Waals surface area contributed by atoms with Gasteiger partial charge in [-0.1, -0.05) is 108 Å². The first-order chi connectivity index (χ1) is 18.6. The van der Waals surface area contributed by atoms with Crippen LogP contribution in [-0.4, -0.2) is 5.91 Å². The number of halogens is 3. The molecule has 0 saturated carbocycles. The van der Waals surface area contributed by atoms with Crippen molar-refractivity contribution in [2.75, 3.05) is 0 Å². The molecule has 0 spiro atoms. The molecule has 1 amide bonds. The number of amides is 1. The summed E-state index contributed by atoms with van der Waals surface area (Å²) in [6.07, 6.45) is 3.27. The minimum Gasteiger partial charge on any atom is -0.290 e. The van der Waals surface area contributed by atoms with Gasteiger partial charge in [0.15, 0.2) is 11.8 Å². The lowest BCUT2D eigenvalue weighted by atomic mass is 10.2. The molecule has 0 unspecified atom stereocenters. The molecular formula is C29H23Cl3NO5P. The number of hydrogen-bond acceptors (Lipinski definition) is 5. The van der Waals surface area contributed by atoms with E-state index in [-0.39, 0.29) is 10.4 Å². The highest BCUT2D eigenvalue weighted by Gasteiger charge is 2.52. The van der Waals surface area contributed by atoms with E-state index in [1.807, 2.05) is 84.9 Å². The van der Waals surface area contributed by atoms with Gasteiger partial charge in [-0.25, -0.2) is 18.6 Å². The van der Waals surface area contributed by atoms with E-state index in [9.17, 15) is 4.79 Å². The molecule has 0 radical (unpaired) electrons. The Labute approximate surface area is 239 Å². The van der Waals surface area contributed by atoms with Gasteiger partial charge in [-0.15, -0.1) is 10.2 Å². The van der Waals surface area contributed by atoms with Gasteiger partial charge >= 0.3 is 0 Å². The van der Waals surface area contributed by atoms with E-state index in [2.05, 4.69) is 41.7 Å². The zero-order valence-corrected chi connectivity index (χ0v) is 23.5. The molecule has 4 rings (SSSR count). The van der Waals surface area contributed by atoms with Crippen molar-refractivity contribution < 1.29 is 33.7 Å². The molecule has 4 aromatic rings. The number of hydrogen-bond donors (Lipinski definition) is 1. The smallest absolute Gasteiger partial charge is 0.250 e. The number of benzene rings is 4. The fraction of sp³-hybridized carbons (Fsp3) is 0. The number of rotatable bonds is 7. The van der Waals surface area contributed by atoms with Gasteiger partial charge < -0.3 is 0 Å². The van der Waals surface area contributed by atoms with Gasteiger partial charge in [0, 0.05) is 6.08 Å². The molecule has 0 aromatic heterocycles. The van der Waals surface area contributed by atoms with Crippen LogP contribution in [-0.2, 0) is 4.79 Å². The van der Waals surface area contributed by atoms with Gasteiger partial charge in [-0.05, 0) is 48.0 Å². The van der Waals surface area contributed by atoms with Crippen molar-refractivity contribution in [1.82, 2.24) is 5.32 Å². The van der Waals surface area contributed by atoms with Crippen LogP contribution in [0.25, 0.3) is 6.08 Å². The Morgan fingerprint density at radius 1 is 0.641 bits per heavy atom. The molecule has 0 fully saturated rings. The van der Waals surface area contributed by atoms with Crippen LogP contribution in [0.5, 0.6) is 0 Å². The summed E-state index contributed by atoms with van der Waals surface area (Å²) in [5.74, 6) is -0.301. The lowest BCUT2D eigenvalue weighted by molar-refractivity contribution is -2.00. The Bertz CT molecular complexity index is 1290. The summed E-state index contributed by atoms with van der Waals surface area (Å²) in [6, 6.07) is 39.9. The molecule has 0 aliphatic carbocycles. The number of carbonyl (C=O) groups excluding carboxylic acids is 1. The van der Waals surface area contributed by atoms with Crippen LogP contribution >= 0.6 is 30.5 Å². The van der Waals surface area contributed by atoms with Crippen LogP contribution in [0.4, 0.5) is 0 Å². The van der Waals surface area contributed by atoms with Crippen LogP contribution in [0, 0.1) is 10.2 Å². The first kappa shape index (κ1) is 30.5. The summed E-state index contributed by atoms with van der Waals surface area (Å²) in [7, 11) is -7.56. The van der Waals surface area contributed by atoms with Crippen molar-refractivity contribution in [1.29, 1.82) is 0 Å². The fourth-order valence-corrected chi connectivity index (χ4v) is 8.86. The van der Waals surface area contributed by atoms with E-state index in [0.717, 1.165) is 21.5 Å². The molecule has 6 nitrogen and oxygen atoms in total. The molecule has 0 aliphatic heterocycles. The average Bonchev–Trinajstić information content (AvgIpc) is 2.93. The van der Waals surface area contributed by atoms with Gasteiger partial charge in [0.2, 0.25) is 5.44 Å². The highest BCUT2D eigenvalue weighted by atomic mass is 35.7. The SMILES string of the molecule is O=C(C=Cc1ccccc1)NC(=C(Cl)Cl)[P+](c1ccccc1)(c1ccccc1)c1ccccc1.[O-][Cl+3]([O-])([O-])[O-]. The largest absolute Gasteiger partial charge is 0.290 e. The quantitative estimate of drug-likeness (QED) is 0.255. The van der Waals surface area contributed by atoms with E-state index < -0.39 is 17.5 Å². The van der Waals surface area contributed by atoms with Gasteiger partial charge in [0.05, 0.1) is 0 Å². The predicted molar refractivity (Wildman–Crippen MR) is 147 cm³/mol.